The molecule has 0 aliphatic carbocycles. The Morgan fingerprint density at radius 3 is 1.25 bits per heavy atom. The van der Waals surface area contributed by atoms with Crippen LogP contribution in [0.4, 0.5) is 39.5 Å². The molecule has 0 unspecified atom stereocenters. The first-order valence-electron chi connectivity index (χ1n) is 4.23. The van der Waals surface area contributed by atoms with E-state index in [1.165, 1.54) is 0 Å². The largest absolute Gasteiger partial charge is 0.471 e. The zero-order chi connectivity index (χ0) is 16.4. The Hall–Kier alpha value is -1.47. The molecule has 0 bridgehead atoms. The number of carbonyl (C=O) groups excluding carboxylic acids is 2. The molecule has 2 radical (unpaired) electrons. The molecular weight excluding hydrogens is 331 g/mol. The zero-order valence-electron chi connectivity index (χ0n) is 8.80. The third-order valence-corrected chi connectivity index (χ3v) is 2.28. The number of rotatable bonds is 3. The number of amides is 2. The summed E-state index contributed by atoms with van der Waals surface area (Å²) >= 11 is 0. The Balaban J connectivity index is 4.93. The molecule has 0 rings (SSSR count). The van der Waals surface area contributed by atoms with Crippen LogP contribution in [-0.2, 0) is 9.59 Å². The lowest BCUT2D eigenvalue weighted by Crippen LogP contribution is -2.59. The van der Waals surface area contributed by atoms with Gasteiger partial charge in [-0.15, -0.1) is 0 Å². The second-order valence-corrected chi connectivity index (χ2v) is 4.45. The van der Waals surface area contributed by atoms with E-state index in [-0.39, 0.29) is 0 Å². The van der Waals surface area contributed by atoms with Crippen molar-refractivity contribution in [3.63, 3.8) is 0 Å². The molecule has 2 amide bonds. The maximum atomic E-state index is 11.9. The maximum Gasteiger partial charge on any atom is 0.471 e. The minimum atomic E-state index is -5.61. The second kappa shape index (κ2) is 5.88. The van der Waals surface area contributed by atoms with Crippen molar-refractivity contribution in [2.45, 2.75) is 23.9 Å². The van der Waals surface area contributed by atoms with Gasteiger partial charge in [0.2, 0.25) is 9.52 Å². The Kier molecular flexibility index (Phi) is 5.45. The third-order valence-electron chi connectivity index (χ3n) is 1.37. The molecule has 0 aromatic carbocycles. The molecule has 2 N–H and O–H groups in total. The Labute approximate surface area is 106 Å². The van der Waals surface area contributed by atoms with Gasteiger partial charge in [0.1, 0.15) is 0 Å². The lowest BCUT2D eigenvalue weighted by Gasteiger charge is -2.21. The van der Waals surface area contributed by atoms with Crippen molar-refractivity contribution in [1.29, 1.82) is 0 Å². The summed E-state index contributed by atoms with van der Waals surface area (Å²) in [6.07, 6.45) is -11.2. The average Bonchev–Trinajstić information content (AvgIpc) is 2.11. The predicted molar refractivity (Wildman–Crippen MR) is 44.0 cm³/mol. The van der Waals surface area contributed by atoms with Gasteiger partial charge in [0.15, 0.2) is 0 Å². The highest BCUT2D eigenvalue weighted by molar-refractivity contribution is 6.41. The van der Waals surface area contributed by atoms with Crippen molar-refractivity contribution in [3.8, 4) is 0 Å². The van der Waals surface area contributed by atoms with Crippen molar-refractivity contribution in [2.75, 3.05) is 0 Å². The second-order valence-electron chi connectivity index (χ2n) is 3.02. The molecule has 0 aromatic heterocycles. The highest BCUT2D eigenvalue weighted by Gasteiger charge is 2.46. The van der Waals surface area contributed by atoms with Crippen molar-refractivity contribution in [2.24, 2.45) is 0 Å². The van der Waals surface area contributed by atoms with Crippen molar-refractivity contribution in [3.05, 3.63) is 0 Å². The summed E-state index contributed by atoms with van der Waals surface area (Å²) in [7, 11) is -2.59. The molecular formula is C6H3F9N2O2Si. The van der Waals surface area contributed by atoms with Crippen molar-refractivity contribution < 1.29 is 49.1 Å². The fourth-order valence-corrected chi connectivity index (χ4v) is 1.43. The van der Waals surface area contributed by atoms with Gasteiger partial charge in [0, 0.05) is 0 Å². The van der Waals surface area contributed by atoms with E-state index in [1.807, 2.05) is 0 Å². The number of alkyl halides is 9. The molecule has 0 fully saturated rings. The van der Waals surface area contributed by atoms with E-state index >= 15 is 0 Å². The highest BCUT2D eigenvalue weighted by atomic mass is 28.2. The number of hydrogen-bond acceptors (Lipinski definition) is 2. The monoisotopic (exact) mass is 334 g/mol. The molecule has 4 nitrogen and oxygen atoms in total. The van der Waals surface area contributed by atoms with Gasteiger partial charge < -0.3 is 10.6 Å². The molecule has 0 saturated carbocycles. The number of carbonyl (C=O) groups is 2. The van der Waals surface area contributed by atoms with Crippen molar-refractivity contribution >= 4 is 21.3 Å². The van der Waals surface area contributed by atoms with Crippen LogP contribution in [0.2, 0.25) is 0 Å². The molecule has 0 saturated heterocycles. The summed E-state index contributed by atoms with van der Waals surface area (Å²) in [5, 5.41) is 1.23. The van der Waals surface area contributed by atoms with Crippen LogP contribution in [0.25, 0.3) is 0 Å². The fraction of sp³-hybridized carbons (Fsp3) is 0.667. The molecule has 0 heterocycles. The lowest BCUT2D eigenvalue weighted by molar-refractivity contribution is -0.177. The molecule has 0 aromatic rings. The standard InChI is InChI=1S/C6H3F9N2O2Si/c7-4(8,9)1(18)16-3(20-6(13,14)15)17-2(19)5(10,11)12/h3H,(H,16,18)(H,17,19). The van der Waals surface area contributed by atoms with Gasteiger partial charge in [-0.25, -0.2) is 0 Å². The third kappa shape index (κ3) is 7.20. The predicted octanol–water partition coefficient (Wildman–Crippen LogP) is 0.851. The summed E-state index contributed by atoms with van der Waals surface area (Å²) in [4.78, 5) is 20.7. The highest BCUT2D eigenvalue weighted by Crippen LogP contribution is 2.18. The first-order chi connectivity index (χ1) is 8.63. The van der Waals surface area contributed by atoms with Crippen LogP contribution in [0.1, 0.15) is 0 Å². The number of hydrogen-bond donors (Lipinski definition) is 2. The van der Waals surface area contributed by atoms with Gasteiger partial charge in [-0.05, 0) is 0 Å². The van der Waals surface area contributed by atoms with Gasteiger partial charge in [-0.2, -0.15) is 39.5 Å². The Bertz CT molecular complexity index is 346. The molecule has 14 heteroatoms. The van der Waals surface area contributed by atoms with Crippen LogP contribution in [0.5, 0.6) is 0 Å². The first kappa shape index (κ1) is 18.5. The van der Waals surface area contributed by atoms with Gasteiger partial charge in [0.25, 0.3) is 0 Å². The number of nitrogens with one attached hydrogen (secondary N) is 2. The minimum absolute atomic E-state index is 0.613. The summed E-state index contributed by atoms with van der Waals surface area (Å²) in [5.74, 6) is -13.9. The number of halogens is 9. The van der Waals surface area contributed by atoms with Gasteiger partial charge in [0.05, 0.1) is 5.79 Å². The average molecular weight is 334 g/mol. The Morgan fingerprint density at radius 1 is 0.750 bits per heavy atom. The summed E-state index contributed by atoms with van der Waals surface area (Å²) in [6.45, 7) is 0. The first-order valence-corrected chi connectivity index (χ1v) is 5.30. The van der Waals surface area contributed by atoms with Gasteiger partial charge in [-0.1, -0.05) is 0 Å². The van der Waals surface area contributed by atoms with E-state index < -0.39 is 45.3 Å². The zero-order valence-corrected chi connectivity index (χ0v) is 9.80. The van der Waals surface area contributed by atoms with E-state index in [0.717, 1.165) is 0 Å². The van der Waals surface area contributed by atoms with Crippen LogP contribution < -0.4 is 10.6 Å². The SMILES string of the molecule is O=C(NC(NC(=O)C(F)(F)F)[Si]C(F)(F)F)C(F)(F)F. The normalized spacial score (nSPS) is 13.3. The molecule has 20 heavy (non-hydrogen) atoms. The van der Waals surface area contributed by atoms with E-state index in [0.29, 0.717) is 10.6 Å². The van der Waals surface area contributed by atoms with Gasteiger partial charge in [-0.3, -0.25) is 9.59 Å². The Morgan fingerprint density at radius 2 is 1.05 bits per heavy atom. The molecule has 116 valence electrons. The van der Waals surface area contributed by atoms with E-state index in [2.05, 4.69) is 0 Å². The smallest absolute Gasteiger partial charge is 0.332 e. The maximum absolute atomic E-state index is 11.9. The fourth-order valence-electron chi connectivity index (χ4n) is 0.698. The molecule has 0 spiro atoms. The lowest BCUT2D eigenvalue weighted by atomic mass is 10.5. The topological polar surface area (TPSA) is 58.2 Å². The molecule has 0 aliphatic rings. The summed E-state index contributed by atoms with van der Waals surface area (Å²) in [6, 6.07) is 0. The van der Waals surface area contributed by atoms with Crippen LogP contribution in [0, 0.1) is 0 Å². The van der Waals surface area contributed by atoms with Gasteiger partial charge >= 0.3 is 30.0 Å². The van der Waals surface area contributed by atoms with Crippen molar-refractivity contribution in [1.82, 2.24) is 10.6 Å². The van der Waals surface area contributed by atoms with E-state index in [1.54, 1.807) is 0 Å². The minimum Gasteiger partial charge on any atom is -0.332 e. The quantitative estimate of drug-likeness (QED) is 0.457. The van der Waals surface area contributed by atoms with Crippen LogP contribution in [0.3, 0.4) is 0 Å². The van der Waals surface area contributed by atoms with E-state index in [4.69, 9.17) is 0 Å². The summed E-state index contributed by atoms with van der Waals surface area (Å²) < 4.78 is 107. The van der Waals surface area contributed by atoms with Crippen LogP contribution in [-0.4, -0.2) is 45.3 Å². The molecule has 0 aliphatic heterocycles. The van der Waals surface area contributed by atoms with E-state index in [9.17, 15) is 49.1 Å². The summed E-state index contributed by atoms with van der Waals surface area (Å²) in [5.41, 5.74) is 0. The molecule has 0 atom stereocenters. The van der Waals surface area contributed by atoms with Crippen LogP contribution >= 0.6 is 0 Å². The van der Waals surface area contributed by atoms with Crippen LogP contribution in [0.15, 0.2) is 0 Å².